The molecule has 8 N–H and O–H groups in total. The van der Waals surface area contributed by atoms with Crippen LogP contribution in [0.25, 0.3) is 0 Å². The average molecular weight is 1070 g/mol. The minimum atomic E-state index is -1.67. The van der Waals surface area contributed by atoms with E-state index in [1.807, 2.05) is 0 Å². The quantitative estimate of drug-likeness (QED) is 0.0215. The van der Waals surface area contributed by atoms with Gasteiger partial charge in [0.1, 0.15) is 36.6 Å². The van der Waals surface area contributed by atoms with Crippen molar-refractivity contribution in [1.29, 1.82) is 0 Å². The topological polar surface area (TPSA) is 189 Å². The summed E-state index contributed by atoms with van der Waals surface area (Å²) in [7, 11) is 0. The molecule has 0 radical (unpaired) electrons. The number of ether oxygens (including phenoxy) is 2. The largest absolute Gasteiger partial charge is 0.394 e. The van der Waals surface area contributed by atoms with Gasteiger partial charge in [0.15, 0.2) is 6.29 Å². The van der Waals surface area contributed by atoms with E-state index in [0.717, 1.165) is 51.4 Å². The van der Waals surface area contributed by atoms with Gasteiger partial charge in [0, 0.05) is 0 Å². The highest BCUT2D eigenvalue weighted by Gasteiger charge is 2.44. The number of carbonyl (C=O) groups is 1. The fraction of sp³-hybridized carbons (Fsp3) is 0.922. The van der Waals surface area contributed by atoms with Crippen molar-refractivity contribution in [2.24, 2.45) is 0 Å². The van der Waals surface area contributed by atoms with Gasteiger partial charge < -0.3 is 50.5 Å². The second-order valence-corrected chi connectivity index (χ2v) is 22.8. The summed E-state index contributed by atoms with van der Waals surface area (Å²) in [4.78, 5) is 13.2. The third-order valence-electron chi connectivity index (χ3n) is 15.7. The number of unbranched alkanes of at least 4 members (excludes halogenated alkanes) is 40. The summed E-state index contributed by atoms with van der Waals surface area (Å²) in [6.45, 7) is 3.47. The number of rotatable bonds is 56. The van der Waals surface area contributed by atoms with Gasteiger partial charge in [-0.2, -0.15) is 0 Å². The van der Waals surface area contributed by atoms with E-state index >= 15 is 0 Å². The third kappa shape index (κ3) is 41.3. The van der Waals surface area contributed by atoms with Crippen LogP contribution in [-0.4, -0.2) is 110 Å². The van der Waals surface area contributed by atoms with Crippen molar-refractivity contribution in [2.75, 3.05) is 13.2 Å². The first kappa shape index (κ1) is 71.6. The first-order valence-electron chi connectivity index (χ1n) is 32.2. The predicted octanol–water partition coefficient (Wildman–Crippen LogP) is 14.5. The standard InChI is InChI=1S/C64H123NO10/c1-3-5-7-9-11-13-15-17-19-21-22-23-24-25-26-27-28-29-30-31-32-33-34-36-37-39-41-43-45-47-49-51-56(67)59(69)55(54-74-64-62(72)61(71)60(70)58(53-66)75-64)65-63(73)57(68)52-50-48-46-44-42-40-38-35-20-18-16-14-12-10-8-6-4-2/h38,40,43,45,55-62,64,66-72H,3-37,39,41-42,44,46-54H2,1-2H3,(H,65,73)/b40-38-,45-43+. The summed E-state index contributed by atoms with van der Waals surface area (Å²) < 4.78 is 11.1. The smallest absolute Gasteiger partial charge is 0.249 e. The molecule has 1 fully saturated rings. The van der Waals surface area contributed by atoms with E-state index in [1.54, 1.807) is 0 Å². The minimum Gasteiger partial charge on any atom is -0.394 e. The molecule has 1 heterocycles. The molecule has 11 heteroatoms. The molecule has 75 heavy (non-hydrogen) atoms. The lowest BCUT2D eigenvalue weighted by Gasteiger charge is -2.40. The number of hydrogen-bond acceptors (Lipinski definition) is 10. The number of allylic oxidation sites excluding steroid dienone is 4. The molecule has 0 saturated carbocycles. The Labute approximate surface area is 461 Å². The van der Waals surface area contributed by atoms with E-state index in [0.29, 0.717) is 12.8 Å². The summed E-state index contributed by atoms with van der Waals surface area (Å²) in [6.07, 6.45) is 54.0. The van der Waals surface area contributed by atoms with Crippen LogP contribution in [0.2, 0.25) is 0 Å². The molecular weight excluding hydrogens is 943 g/mol. The zero-order valence-electron chi connectivity index (χ0n) is 48.8. The summed E-state index contributed by atoms with van der Waals surface area (Å²) in [5.74, 6) is -0.711. The number of carbonyl (C=O) groups excluding carboxylic acids is 1. The maximum absolute atomic E-state index is 13.2. The fourth-order valence-electron chi connectivity index (χ4n) is 10.5. The van der Waals surface area contributed by atoms with Gasteiger partial charge in [-0.05, 0) is 64.2 Å². The van der Waals surface area contributed by atoms with E-state index in [2.05, 4.69) is 43.5 Å². The van der Waals surface area contributed by atoms with Crippen LogP contribution >= 0.6 is 0 Å². The van der Waals surface area contributed by atoms with Crippen molar-refractivity contribution >= 4 is 5.91 Å². The molecule has 11 nitrogen and oxygen atoms in total. The second kappa shape index (κ2) is 53.2. The lowest BCUT2D eigenvalue weighted by atomic mass is 9.98. The molecule has 1 rings (SSSR count). The van der Waals surface area contributed by atoms with Gasteiger partial charge in [-0.3, -0.25) is 4.79 Å². The lowest BCUT2D eigenvalue weighted by molar-refractivity contribution is -0.303. The van der Waals surface area contributed by atoms with Crippen molar-refractivity contribution < 1.29 is 50.0 Å². The molecule has 444 valence electrons. The average Bonchev–Trinajstić information content (AvgIpc) is 3.41. The van der Waals surface area contributed by atoms with Crippen molar-refractivity contribution in [3.8, 4) is 0 Å². The molecule has 0 aromatic heterocycles. The lowest BCUT2D eigenvalue weighted by Crippen LogP contribution is -2.60. The number of aliphatic hydroxyl groups is 7. The van der Waals surface area contributed by atoms with Crippen LogP contribution in [-0.2, 0) is 14.3 Å². The molecule has 0 aromatic carbocycles. The van der Waals surface area contributed by atoms with E-state index < -0.39 is 74.2 Å². The summed E-state index contributed by atoms with van der Waals surface area (Å²) >= 11 is 0. The van der Waals surface area contributed by atoms with E-state index in [9.17, 15) is 40.5 Å². The molecule has 1 aliphatic heterocycles. The highest BCUT2D eigenvalue weighted by atomic mass is 16.7. The monoisotopic (exact) mass is 1070 g/mol. The molecule has 0 bridgehead atoms. The molecule has 1 amide bonds. The van der Waals surface area contributed by atoms with Crippen LogP contribution in [0.1, 0.15) is 309 Å². The normalized spacial score (nSPS) is 19.8. The minimum absolute atomic E-state index is 0.241. The second-order valence-electron chi connectivity index (χ2n) is 22.8. The molecule has 9 atom stereocenters. The highest BCUT2D eigenvalue weighted by Crippen LogP contribution is 2.24. The van der Waals surface area contributed by atoms with Gasteiger partial charge in [-0.25, -0.2) is 0 Å². The SMILES string of the molecule is CCCCCCCCCCC/C=C\CCCCCCC(O)C(=O)NC(COC1OC(CO)C(O)C(O)C1O)C(O)C(O)CCC/C=C/CCCCCCCCCCCCCCCCCCCCCCCCCCCC. The van der Waals surface area contributed by atoms with Crippen molar-refractivity contribution in [3.63, 3.8) is 0 Å². The number of hydrogen-bond donors (Lipinski definition) is 8. The van der Waals surface area contributed by atoms with Crippen LogP contribution in [0.3, 0.4) is 0 Å². The Balaban J connectivity index is 2.23. The molecule has 0 spiro atoms. The number of amides is 1. The van der Waals surface area contributed by atoms with Gasteiger partial charge in [0.25, 0.3) is 0 Å². The van der Waals surface area contributed by atoms with Gasteiger partial charge in [0.05, 0.1) is 25.4 Å². The van der Waals surface area contributed by atoms with Crippen molar-refractivity contribution in [2.45, 2.75) is 364 Å². The first-order valence-corrected chi connectivity index (χ1v) is 32.2. The maximum Gasteiger partial charge on any atom is 0.249 e. The van der Waals surface area contributed by atoms with Gasteiger partial charge in [-0.15, -0.1) is 0 Å². The van der Waals surface area contributed by atoms with Crippen LogP contribution in [0, 0.1) is 0 Å². The van der Waals surface area contributed by atoms with Crippen LogP contribution in [0.5, 0.6) is 0 Å². The van der Waals surface area contributed by atoms with Crippen molar-refractivity contribution in [1.82, 2.24) is 5.32 Å². The Morgan fingerprint density at radius 3 is 1.15 bits per heavy atom. The van der Waals surface area contributed by atoms with Gasteiger partial charge in [0.2, 0.25) is 5.91 Å². The fourth-order valence-corrected chi connectivity index (χ4v) is 10.5. The first-order chi connectivity index (χ1) is 36.7. The summed E-state index contributed by atoms with van der Waals surface area (Å²) in [6, 6.07) is -1.19. The molecule has 9 unspecified atom stereocenters. The Kier molecular flexibility index (Phi) is 50.8. The zero-order valence-corrected chi connectivity index (χ0v) is 48.8. The van der Waals surface area contributed by atoms with Crippen LogP contribution in [0.15, 0.2) is 24.3 Å². The van der Waals surface area contributed by atoms with E-state index in [-0.39, 0.29) is 12.8 Å². The van der Waals surface area contributed by atoms with Crippen LogP contribution < -0.4 is 5.32 Å². The Morgan fingerprint density at radius 2 is 0.787 bits per heavy atom. The molecule has 0 aliphatic carbocycles. The predicted molar refractivity (Wildman–Crippen MR) is 312 cm³/mol. The molecule has 1 aliphatic rings. The van der Waals surface area contributed by atoms with Crippen molar-refractivity contribution in [3.05, 3.63) is 24.3 Å². The van der Waals surface area contributed by atoms with E-state index in [1.165, 1.54) is 218 Å². The Hall–Kier alpha value is -1.41. The molecule has 0 aromatic rings. The molecular formula is C64H123NO10. The Morgan fingerprint density at radius 1 is 0.453 bits per heavy atom. The number of nitrogens with one attached hydrogen (secondary N) is 1. The number of aliphatic hydroxyl groups excluding tert-OH is 7. The summed E-state index contributed by atoms with van der Waals surface area (Å²) in [5, 5.41) is 76.2. The van der Waals surface area contributed by atoms with Crippen LogP contribution in [0.4, 0.5) is 0 Å². The third-order valence-corrected chi connectivity index (χ3v) is 15.7. The summed E-state index contributed by atoms with van der Waals surface area (Å²) in [5.41, 5.74) is 0. The van der Waals surface area contributed by atoms with E-state index in [4.69, 9.17) is 9.47 Å². The van der Waals surface area contributed by atoms with Gasteiger partial charge >= 0.3 is 0 Å². The maximum atomic E-state index is 13.2. The molecule has 1 saturated heterocycles. The highest BCUT2D eigenvalue weighted by molar-refractivity contribution is 5.80. The Bertz CT molecular complexity index is 1270. The van der Waals surface area contributed by atoms with Gasteiger partial charge in [-0.1, -0.05) is 269 Å². The zero-order chi connectivity index (χ0) is 54.7.